The van der Waals surface area contributed by atoms with Crippen LogP contribution in [0.5, 0.6) is 0 Å². The summed E-state index contributed by atoms with van der Waals surface area (Å²) < 4.78 is 6.13. The molecule has 2 aromatic carbocycles. The van der Waals surface area contributed by atoms with Crippen molar-refractivity contribution in [3.63, 3.8) is 0 Å². The highest BCUT2D eigenvalue weighted by Gasteiger charge is 2.44. The third-order valence-electron chi connectivity index (χ3n) is 11.2. The summed E-state index contributed by atoms with van der Waals surface area (Å²) in [6.07, 6.45) is 4.72. The maximum atomic E-state index is 14.2. The molecule has 0 aliphatic carbocycles. The van der Waals surface area contributed by atoms with Crippen LogP contribution in [-0.2, 0) is 32.6 Å². The Labute approximate surface area is 289 Å². The number of nitrogen functional groups attached to an aromatic ring is 1. The van der Waals surface area contributed by atoms with Gasteiger partial charge in [-0.15, -0.1) is 0 Å². The number of piperidine rings is 2. The van der Waals surface area contributed by atoms with Crippen molar-refractivity contribution in [1.29, 1.82) is 0 Å². The Bertz CT molecular complexity index is 1480. The van der Waals surface area contributed by atoms with Gasteiger partial charge in [-0.25, -0.2) is 4.79 Å². The molecule has 1 spiro atoms. The van der Waals surface area contributed by atoms with Crippen molar-refractivity contribution in [2.45, 2.75) is 82.8 Å². The molecule has 4 heterocycles. The molecule has 3 saturated heterocycles. The smallest absolute Gasteiger partial charge is 0.410 e. The van der Waals surface area contributed by atoms with E-state index in [1.807, 2.05) is 36.1 Å². The predicted octanol–water partition coefficient (Wildman–Crippen LogP) is 4.83. The van der Waals surface area contributed by atoms with Crippen molar-refractivity contribution in [3.8, 4) is 0 Å². The number of carbonyl (C=O) groups excluding carboxylic acids is 3. The maximum absolute atomic E-state index is 14.2. The lowest BCUT2D eigenvalue weighted by Crippen LogP contribution is -2.59. The Morgan fingerprint density at radius 3 is 2.54 bits per heavy atom. The van der Waals surface area contributed by atoms with Gasteiger partial charge in [-0.05, 0) is 73.4 Å². The quantitative estimate of drug-likeness (QED) is 0.342. The van der Waals surface area contributed by atoms with E-state index in [1.54, 1.807) is 11.0 Å². The first-order valence-corrected chi connectivity index (χ1v) is 18.2. The van der Waals surface area contributed by atoms with Crippen LogP contribution in [0.2, 0.25) is 5.02 Å². The number of carbonyl (C=O) groups is 3. The molecule has 2 aromatic rings. The van der Waals surface area contributed by atoms with E-state index in [2.05, 4.69) is 28.5 Å². The molecule has 0 radical (unpaired) electrons. The molecule has 260 valence electrons. The molecule has 3 atom stereocenters. The van der Waals surface area contributed by atoms with Gasteiger partial charge in [0.05, 0.1) is 10.7 Å². The Balaban J connectivity index is 1.15. The Morgan fingerprint density at radius 2 is 1.81 bits per heavy atom. The van der Waals surface area contributed by atoms with E-state index >= 15 is 0 Å². The zero-order chi connectivity index (χ0) is 33.8. The molecule has 3 fully saturated rings. The molecule has 0 bridgehead atoms. The summed E-state index contributed by atoms with van der Waals surface area (Å²) in [7, 11) is 0. The average Bonchev–Trinajstić information content (AvgIpc) is 3.10. The second-order valence-electron chi connectivity index (χ2n) is 14.1. The average molecular weight is 679 g/mol. The van der Waals surface area contributed by atoms with Crippen LogP contribution in [-0.4, -0.2) is 97.1 Å². The zero-order valence-electron chi connectivity index (χ0n) is 28.4. The number of benzene rings is 2. The number of anilines is 2. The summed E-state index contributed by atoms with van der Waals surface area (Å²) in [6, 6.07) is 12.2. The first-order chi connectivity index (χ1) is 23.2. The molecule has 0 saturated carbocycles. The molecule has 4 N–H and O–H groups in total. The van der Waals surface area contributed by atoms with E-state index in [9.17, 15) is 14.4 Å². The number of nitrogens with two attached hydrogens (primary N) is 1. The maximum Gasteiger partial charge on any atom is 0.410 e. The Kier molecular flexibility index (Phi) is 10.8. The van der Waals surface area contributed by atoms with Gasteiger partial charge in [-0.1, -0.05) is 56.1 Å². The number of ether oxygens (including phenoxy) is 1. The number of rotatable bonds is 8. The van der Waals surface area contributed by atoms with E-state index < -0.39 is 12.2 Å². The number of nitrogens with zero attached hydrogens (tertiary/aromatic N) is 3. The molecule has 2 unspecified atom stereocenters. The van der Waals surface area contributed by atoms with Crippen LogP contribution in [0.15, 0.2) is 36.4 Å². The van der Waals surface area contributed by atoms with Gasteiger partial charge >= 0.3 is 6.09 Å². The minimum Gasteiger partial charge on any atom is -0.436 e. The SMILES string of the molecule is CCCC1CCNCC1N1CCN(C(=O)[C@@H](Cc2cc(Cl)c(N)c(CC)c2)OC(=O)N2CCC3(CC2)CC(=O)Nc2ccccc23)CC1. The van der Waals surface area contributed by atoms with Gasteiger partial charge in [-0.3, -0.25) is 14.5 Å². The van der Waals surface area contributed by atoms with Gasteiger partial charge in [0.25, 0.3) is 5.91 Å². The lowest BCUT2D eigenvalue weighted by molar-refractivity contribution is -0.143. The van der Waals surface area contributed by atoms with Crippen LogP contribution in [0.1, 0.15) is 69.1 Å². The van der Waals surface area contributed by atoms with Gasteiger partial charge in [0.1, 0.15) is 0 Å². The zero-order valence-corrected chi connectivity index (χ0v) is 29.2. The number of piperazine rings is 1. The fourth-order valence-corrected chi connectivity index (χ4v) is 8.72. The lowest BCUT2D eigenvalue weighted by Gasteiger charge is -2.45. The van der Waals surface area contributed by atoms with Crippen molar-refractivity contribution in [1.82, 2.24) is 20.0 Å². The molecule has 11 heteroatoms. The van der Waals surface area contributed by atoms with Crippen LogP contribution in [0, 0.1) is 5.92 Å². The number of likely N-dealkylation sites (tertiary alicyclic amines) is 1. The first kappa shape index (κ1) is 34.5. The molecule has 6 rings (SSSR count). The molecule has 48 heavy (non-hydrogen) atoms. The van der Waals surface area contributed by atoms with Crippen molar-refractivity contribution in [3.05, 3.63) is 58.1 Å². The van der Waals surface area contributed by atoms with Crippen molar-refractivity contribution >= 4 is 40.9 Å². The minimum absolute atomic E-state index is 0.00438. The fraction of sp³-hybridized carbons (Fsp3) is 0.595. The van der Waals surface area contributed by atoms with E-state index in [1.165, 1.54) is 19.3 Å². The van der Waals surface area contributed by atoms with Crippen LogP contribution < -0.4 is 16.4 Å². The van der Waals surface area contributed by atoms with Gasteiger partial charge in [-0.2, -0.15) is 0 Å². The van der Waals surface area contributed by atoms with Crippen molar-refractivity contribution in [2.24, 2.45) is 5.92 Å². The number of amides is 3. The highest BCUT2D eigenvalue weighted by atomic mass is 35.5. The fourth-order valence-electron chi connectivity index (χ4n) is 8.46. The number of hydrogen-bond acceptors (Lipinski definition) is 7. The second-order valence-corrected chi connectivity index (χ2v) is 14.5. The summed E-state index contributed by atoms with van der Waals surface area (Å²) in [4.78, 5) is 46.7. The Hall–Kier alpha value is -3.34. The topological polar surface area (TPSA) is 120 Å². The molecular weight excluding hydrogens is 628 g/mol. The summed E-state index contributed by atoms with van der Waals surface area (Å²) in [5, 5.41) is 7.01. The number of para-hydroxylation sites is 1. The summed E-state index contributed by atoms with van der Waals surface area (Å²) in [5.74, 6) is 0.507. The van der Waals surface area contributed by atoms with Crippen molar-refractivity contribution < 1.29 is 19.1 Å². The molecule has 4 aliphatic rings. The highest BCUT2D eigenvalue weighted by Crippen LogP contribution is 2.45. The predicted molar refractivity (Wildman–Crippen MR) is 189 cm³/mol. The number of nitrogens with one attached hydrogen (secondary N) is 2. The third-order valence-corrected chi connectivity index (χ3v) is 11.5. The van der Waals surface area contributed by atoms with Crippen LogP contribution >= 0.6 is 11.6 Å². The van der Waals surface area contributed by atoms with E-state index in [-0.39, 0.29) is 23.7 Å². The van der Waals surface area contributed by atoms with E-state index in [4.69, 9.17) is 22.1 Å². The van der Waals surface area contributed by atoms with Crippen LogP contribution in [0.3, 0.4) is 0 Å². The number of halogens is 1. The minimum atomic E-state index is -0.991. The third kappa shape index (κ3) is 7.31. The van der Waals surface area contributed by atoms with Crippen LogP contribution in [0.4, 0.5) is 16.2 Å². The number of fused-ring (bicyclic) bond motifs is 2. The van der Waals surface area contributed by atoms with Gasteiger partial charge in [0, 0.05) is 75.8 Å². The summed E-state index contributed by atoms with van der Waals surface area (Å²) in [6.45, 7) is 10.0. The Morgan fingerprint density at radius 1 is 1.06 bits per heavy atom. The van der Waals surface area contributed by atoms with Gasteiger partial charge in [0.15, 0.2) is 6.10 Å². The highest BCUT2D eigenvalue weighted by molar-refractivity contribution is 6.33. The summed E-state index contributed by atoms with van der Waals surface area (Å²) in [5.41, 5.74) is 10.1. The largest absolute Gasteiger partial charge is 0.436 e. The molecular formula is C37H51ClN6O4. The standard InChI is InChI=1S/C37H51ClN6O4/c1-3-7-27-10-13-40-24-31(27)42-16-18-43(19-17-42)35(46)32(22-25-20-26(4-2)34(39)29(38)21-25)48-36(47)44-14-11-37(12-15-44)23-33(45)41-30-9-6-5-8-28(30)37/h5-6,8-9,20-21,27,31-32,40H,3-4,7,10-19,22-24,39H2,1-2H3,(H,41,45)/t27?,31?,32-/m1/s1. The number of hydrogen-bond donors (Lipinski definition) is 3. The second kappa shape index (κ2) is 15.0. The van der Waals surface area contributed by atoms with Gasteiger partial charge in [0.2, 0.25) is 5.91 Å². The first-order valence-electron chi connectivity index (χ1n) is 17.9. The van der Waals surface area contributed by atoms with E-state index in [0.29, 0.717) is 74.5 Å². The monoisotopic (exact) mass is 678 g/mol. The number of aryl methyl sites for hydroxylation is 1. The molecule has 3 amide bonds. The molecule has 4 aliphatic heterocycles. The van der Waals surface area contributed by atoms with E-state index in [0.717, 1.165) is 48.6 Å². The molecule has 10 nitrogen and oxygen atoms in total. The summed E-state index contributed by atoms with van der Waals surface area (Å²) >= 11 is 6.50. The van der Waals surface area contributed by atoms with Gasteiger partial charge < -0.3 is 30.9 Å². The normalized spacial score (nSPS) is 23.4. The van der Waals surface area contributed by atoms with Crippen LogP contribution in [0.25, 0.3) is 0 Å². The lowest BCUT2D eigenvalue weighted by atomic mass is 9.68. The van der Waals surface area contributed by atoms with Crippen molar-refractivity contribution in [2.75, 3.05) is 63.4 Å². The molecule has 0 aromatic heterocycles.